The number of nitrogens with one attached hydrogen (secondary N) is 1. The number of esters is 1. The predicted molar refractivity (Wildman–Crippen MR) is 53.1 cm³/mol. The van der Waals surface area contributed by atoms with Gasteiger partial charge in [0.15, 0.2) is 6.54 Å². The third-order valence-corrected chi connectivity index (χ3v) is 2.61. The van der Waals surface area contributed by atoms with E-state index in [-0.39, 0.29) is 19.8 Å². The number of aliphatic hydroxyl groups excluding tert-OH is 2. The lowest BCUT2D eigenvalue weighted by Gasteiger charge is -2.37. The SMILES string of the molecule is C[N+]1(CC(=O)OCCO)C(=O)NCCC1O. The van der Waals surface area contributed by atoms with Crippen molar-refractivity contribution in [3.63, 3.8) is 0 Å². The van der Waals surface area contributed by atoms with Crippen LogP contribution in [0.3, 0.4) is 0 Å². The number of quaternary nitrogens is 1. The van der Waals surface area contributed by atoms with Crippen molar-refractivity contribution in [3.8, 4) is 0 Å². The minimum Gasteiger partial charge on any atom is -0.459 e. The topological polar surface area (TPSA) is 95.9 Å². The van der Waals surface area contributed by atoms with Gasteiger partial charge in [-0.1, -0.05) is 0 Å². The molecule has 1 rings (SSSR count). The molecule has 0 aromatic carbocycles. The molecule has 0 aromatic rings. The summed E-state index contributed by atoms with van der Waals surface area (Å²) in [6.07, 6.45) is -0.509. The Hall–Kier alpha value is -1.18. The number of amides is 2. The van der Waals surface area contributed by atoms with Crippen LogP contribution in [0.5, 0.6) is 0 Å². The predicted octanol–water partition coefficient (Wildman–Crippen LogP) is -1.60. The van der Waals surface area contributed by atoms with Crippen molar-refractivity contribution in [2.24, 2.45) is 0 Å². The van der Waals surface area contributed by atoms with Crippen molar-refractivity contribution in [2.45, 2.75) is 12.6 Å². The Morgan fingerprint density at radius 2 is 2.38 bits per heavy atom. The minimum atomic E-state index is -0.907. The van der Waals surface area contributed by atoms with E-state index in [0.717, 1.165) is 0 Å². The average Bonchev–Trinajstić information content (AvgIpc) is 2.23. The van der Waals surface area contributed by atoms with Crippen LogP contribution in [0.25, 0.3) is 0 Å². The van der Waals surface area contributed by atoms with Gasteiger partial charge in [-0.05, 0) is 0 Å². The normalized spacial score (nSPS) is 29.7. The highest BCUT2D eigenvalue weighted by Crippen LogP contribution is 2.16. The molecule has 0 saturated carbocycles. The number of hydrogen-bond donors (Lipinski definition) is 3. The van der Waals surface area contributed by atoms with Crippen LogP contribution >= 0.6 is 0 Å². The van der Waals surface area contributed by atoms with Gasteiger partial charge < -0.3 is 20.3 Å². The van der Waals surface area contributed by atoms with E-state index in [2.05, 4.69) is 10.1 Å². The number of carbonyl (C=O) groups excluding carboxylic acids is 2. The van der Waals surface area contributed by atoms with Gasteiger partial charge in [0.1, 0.15) is 6.61 Å². The fourth-order valence-electron chi connectivity index (χ4n) is 1.56. The smallest absolute Gasteiger partial charge is 0.418 e. The zero-order chi connectivity index (χ0) is 12.2. The van der Waals surface area contributed by atoms with Gasteiger partial charge in [0, 0.05) is 13.0 Å². The van der Waals surface area contributed by atoms with Gasteiger partial charge in [-0.15, -0.1) is 0 Å². The molecule has 2 unspecified atom stereocenters. The molecule has 7 nitrogen and oxygen atoms in total. The first-order valence-electron chi connectivity index (χ1n) is 5.09. The van der Waals surface area contributed by atoms with Gasteiger partial charge in [0.05, 0.1) is 13.7 Å². The fourth-order valence-corrected chi connectivity index (χ4v) is 1.56. The van der Waals surface area contributed by atoms with Crippen molar-refractivity contribution in [1.82, 2.24) is 5.32 Å². The van der Waals surface area contributed by atoms with E-state index < -0.39 is 22.7 Å². The van der Waals surface area contributed by atoms with E-state index in [9.17, 15) is 14.7 Å². The highest BCUT2D eigenvalue weighted by atomic mass is 16.5. The molecule has 7 heteroatoms. The third kappa shape index (κ3) is 2.69. The summed E-state index contributed by atoms with van der Waals surface area (Å²) in [5.74, 6) is -0.618. The van der Waals surface area contributed by atoms with E-state index in [4.69, 9.17) is 5.11 Å². The van der Waals surface area contributed by atoms with Gasteiger partial charge in [-0.3, -0.25) is 0 Å². The van der Waals surface area contributed by atoms with Gasteiger partial charge in [0.2, 0.25) is 6.23 Å². The van der Waals surface area contributed by atoms with Gasteiger partial charge >= 0.3 is 12.0 Å². The van der Waals surface area contributed by atoms with Gasteiger partial charge in [0.25, 0.3) is 0 Å². The van der Waals surface area contributed by atoms with Crippen LogP contribution in [0.15, 0.2) is 0 Å². The number of rotatable bonds is 4. The van der Waals surface area contributed by atoms with Gasteiger partial charge in [-0.25, -0.2) is 14.1 Å². The molecular weight excluding hydrogens is 216 g/mol. The van der Waals surface area contributed by atoms with E-state index in [1.165, 1.54) is 7.05 Å². The van der Waals surface area contributed by atoms with Crippen molar-refractivity contribution in [2.75, 3.05) is 33.4 Å². The first-order chi connectivity index (χ1) is 7.50. The summed E-state index contributed by atoms with van der Waals surface area (Å²) in [6.45, 7) is -0.201. The summed E-state index contributed by atoms with van der Waals surface area (Å²) in [6, 6.07) is -0.403. The molecule has 2 amide bonds. The van der Waals surface area contributed by atoms with Crippen LogP contribution < -0.4 is 5.32 Å². The Kier molecular flexibility index (Phi) is 4.22. The zero-order valence-electron chi connectivity index (χ0n) is 9.18. The van der Waals surface area contributed by atoms with Crippen molar-refractivity contribution in [1.29, 1.82) is 0 Å². The zero-order valence-corrected chi connectivity index (χ0v) is 9.18. The van der Waals surface area contributed by atoms with Crippen molar-refractivity contribution >= 4 is 12.0 Å². The molecule has 0 aromatic heterocycles. The molecule has 1 heterocycles. The van der Waals surface area contributed by atoms with Crippen LogP contribution in [-0.2, 0) is 9.53 Å². The summed E-state index contributed by atoms with van der Waals surface area (Å²) in [5.41, 5.74) is 0. The molecule has 1 fully saturated rings. The maximum Gasteiger partial charge on any atom is 0.418 e. The monoisotopic (exact) mass is 233 g/mol. The van der Waals surface area contributed by atoms with E-state index in [1.807, 2.05) is 0 Å². The van der Waals surface area contributed by atoms with Crippen LogP contribution in [0.4, 0.5) is 4.79 Å². The molecule has 0 bridgehead atoms. The van der Waals surface area contributed by atoms with Crippen LogP contribution in [0.2, 0.25) is 0 Å². The Labute approximate surface area is 93.2 Å². The quantitative estimate of drug-likeness (QED) is 0.401. The minimum absolute atomic E-state index is 0.101. The number of hydrogen-bond acceptors (Lipinski definition) is 5. The van der Waals surface area contributed by atoms with E-state index in [0.29, 0.717) is 13.0 Å². The van der Waals surface area contributed by atoms with Crippen LogP contribution in [0, 0.1) is 0 Å². The molecule has 0 aliphatic carbocycles. The number of carbonyl (C=O) groups is 2. The molecule has 92 valence electrons. The summed E-state index contributed by atoms with van der Waals surface area (Å²) in [7, 11) is 1.47. The highest BCUT2D eigenvalue weighted by molar-refractivity contribution is 5.75. The molecule has 0 radical (unpaired) electrons. The second kappa shape index (κ2) is 5.24. The number of nitrogens with zero attached hydrogens (tertiary/aromatic N) is 1. The fraction of sp³-hybridized carbons (Fsp3) is 0.778. The van der Waals surface area contributed by atoms with Crippen LogP contribution in [-0.4, -0.2) is 66.3 Å². The van der Waals surface area contributed by atoms with E-state index in [1.54, 1.807) is 0 Å². The second-order valence-corrected chi connectivity index (χ2v) is 3.87. The number of likely N-dealkylation sites (N-methyl/N-ethyl adjacent to an activating group) is 1. The third-order valence-electron chi connectivity index (χ3n) is 2.61. The summed E-state index contributed by atoms with van der Waals surface area (Å²) in [5, 5.41) is 20.8. The summed E-state index contributed by atoms with van der Waals surface area (Å²) < 4.78 is 4.23. The van der Waals surface area contributed by atoms with Crippen LogP contribution in [0.1, 0.15) is 6.42 Å². The maximum absolute atomic E-state index is 11.6. The molecule has 3 N–H and O–H groups in total. The summed E-state index contributed by atoms with van der Waals surface area (Å²) >= 11 is 0. The molecule has 0 spiro atoms. The maximum atomic E-state index is 11.6. The number of urea groups is 1. The Morgan fingerprint density at radius 1 is 1.69 bits per heavy atom. The number of aliphatic hydroxyl groups is 2. The standard InChI is InChI=1S/C9H16N2O5/c1-11(6-8(14)16-5-4-12)7(13)2-3-10-9(11)15/h7,12-13H,2-6H2,1H3/p+1. The second-order valence-electron chi connectivity index (χ2n) is 3.87. The Balaban J connectivity index is 2.60. The molecular formula is C9H17N2O5+. The lowest BCUT2D eigenvalue weighted by molar-refractivity contribution is -0.877. The van der Waals surface area contributed by atoms with Gasteiger partial charge in [-0.2, -0.15) is 0 Å². The largest absolute Gasteiger partial charge is 0.459 e. The summed E-state index contributed by atoms with van der Waals surface area (Å²) in [4.78, 5) is 22.9. The van der Waals surface area contributed by atoms with E-state index >= 15 is 0 Å². The lowest BCUT2D eigenvalue weighted by Crippen LogP contribution is -2.66. The molecule has 1 aliphatic rings. The first kappa shape index (κ1) is 12.9. The molecule has 2 atom stereocenters. The molecule has 16 heavy (non-hydrogen) atoms. The average molecular weight is 233 g/mol. The highest BCUT2D eigenvalue weighted by Gasteiger charge is 2.44. The lowest BCUT2D eigenvalue weighted by atomic mass is 10.2. The first-order valence-corrected chi connectivity index (χ1v) is 5.09. The molecule has 1 aliphatic heterocycles. The Morgan fingerprint density at radius 3 is 2.94 bits per heavy atom. The Bertz CT molecular complexity index is 283. The van der Waals surface area contributed by atoms with Crippen molar-refractivity contribution < 1.29 is 29.0 Å². The number of ether oxygens (including phenoxy) is 1. The van der Waals surface area contributed by atoms with Crippen molar-refractivity contribution in [3.05, 3.63) is 0 Å². The molecule has 1 saturated heterocycles.